The Bertz CT molecular complexity index is 1640. The van der Waals surface area contributed by atoms with Crippen molar-refractivity contribution in [2.75, 3.05) is 0 Å². The fourth-order valence-electron chi connectivity index (χ4n) is 5.29. The van der Waals surface area contributed by atoms with E-state index in [0.29, 0.717) is 0 Å². The van der Waals surface area contributed by atoms with Gasteiger partial charge in [0.1, 0.15) is 0 Å². The van der Waals surface area contributed by atoms with E-state index in [1.165, 1.54) is 55.6 Å². The van der Waals surface area contributed by atoms with Gasteiger partial charge in [0.2, 0.25) is 0 Å². The Labute approximate surface area is 225 Å². The number of hydrogen-bond donors (Lipinski definition) is 0. The highest BCUT2D eigenvalue weighted by molar-refractivity contribution is 5.83. The molecular formula is C38H30. The van der Waals surface area contributed by atoms with Crippen molar-refractivity contribution in [1.82, 2.24) is 0 Å². The van der Waals surface area contributed by atoms with Crippen molar-refractivity contribution in [3.63, 3.8) is 0 Å². The third kappa shape index (κ3) is 5.21. The molecular weight excluding hydrogens is 456 g/mol. The first-order valence-corrected chi connectivity index (χ1v) is 13.3. The second-order valence-electron chi connectivity index (χ2n) is 9.72. The van der Waals surface area contributed by atoms with Crippen LogP contribution in [0.4, 0.5) is 0 Å². The fourth-order valence-corrected chi connectivity index (χ4v) is 5.29. The largest absolute Gasteiger partial charge is 0.0622 e. The van der Waals surface area contributed by atoms with Crippen LogP contribution in [0.1, 0.15) is 11.1 Å². The molecule has 0 saturated carbocycles. The smallest absolute Gasteiger partial charge is 0.0105 e. The third-order valence-electron chi connectivity index (χ3n) is 7.23. The Hall–Kier alpha value is -4.68. The first kappa shape index (κ1) is 23.7. The highest BCUT2D eigenvalue weighted by Gasteiger charge is 2.10. The highest BCUT2D eigenvalue weighted by Crippen LogP contribution is 2.33. The molecule has 0 nitrogen and oxygen atoms in total. The van der Waals surface area contributed by atoms with Gasteiger partial charge in [-0.2, -0.15) is 0 Å². The van der Waals surface area contributed by atoms with Crippen LogP contribution in [0.25, 0.3) is 44.5 Å². The molecule has 0 unspecified atom stereocenters. The van der Waals surface area contributed by atoms with Crippen LogP contribution in [0.5, 0.6) is 0 Å². The third-order valence-corrected chi connectivity index (χ3v) is 7.23. The minimum absolute atomic E-state index is 0.996. The summed E-state index contributed by atoms with van der Waals surface area (Å²) in [6.45, 7) is 0. The van der Waals surface area contributed by atoms with Crippen LogP contribution in [0.2, 0.25) is 0 Å². The van der Waals surface area contributed by atoms with Crippen molar-refractivity contribution < 1.29 is 0 Å². The molecule has 0 aliphatic rings. The molecule has 6 aromatic rings. The highest BCUT2D eigenvalue weighted by atomic mass is 14.1. The summed E-state index contributed by atoms with van der Waals surface area (Å²) in [4.78, 5) is 0. The van der Waals surface area contributed by atoms with Crippen LogP contribution in [0, 0.1) is 0 Å². The summed E-state index contributed by atoms with van der Waals surface area (Å²) in [5.41, 5.74) is 12.9. The summed E-state index contributed by atoms with van der Waals surface area (Å²) in [6.07, 6.45) is 1.99. The second-order valence-corrected chi connectivity index (χ2v) is 9.72. The molecule has 0 saturated heterocycles. The summed E-state index contributed by atoms with van der Waals surface area (Å²) >= 11 is 0. The van der Waals surface area contributed by atoms with E-state index in [1.807, 2.05) is 0 Å². The maximum atomic E-state index is 2.36. The molecule has 0 atom stereocenters. The molecule has 0 aliphatic carbocycles. The standard InChI is InChI=1S/C38H30/c1-3-14-30(15-4-1)33-19-12-21-35(28-33)36-22-8-7-18-32(36)26-25-29-13-11-20-34(27-29)38-24-10-9-23-37(38)31-16-5-2-6-17-31/h1-24,27-28H,25-26H2. The van der Waals surface area contributed by atoms with Crippen molar-refractivity contribution in [3.05, 3.63) is 169 Å². The summed E-state index contributed by atoms with van der Waals surface area (Å²) < 4.78 is 0. The minimum Gasteiger partial charge on any atom is -0.0622 e. The van der Waals surface area contributed by atoms with Gasteiger partial charge in [-0.25, -0.2) is 0 Å². The van der Waals surface area contributed by atoms with E-state index >= 15 is 0 Å². The average molecular weight is 487 g/mol. The zero-order valence-electron chi connectivity index (χ0n) is 21.4. The quantitative estimate of drug-likeness (QED) is 0.210. The molecule has 0 aliphatic heterocycles. The van der Waals surface area contributed by atoms with E-state index in [0.717, 1.165) is 12.8 Å². The molecule has 182 valence electrons. The summed E-state index contributed by atoms with van der Waals surface area (Å²) in [5, 5.41) is 0. The molecule has 6 rings (SSSR count). The van der Waals surface area contributed by atoms with E-state index in [2.05, 4.69) is 158 Å². The molecule has 0 N–H and O–H groups in total. The van der Waals surface area contributed by atoms with E-state index in [-0.39, 0.29) is 0 Å². The minimum atomic E-state index is 0.996. The molecule has 0 radical (unpaired) electrons. The predicted octanol–water partition coefficient (Wildman–Crippen LogP) is 10.1. The van der Waals surface area contributed by atoms with Crippen LogP contribution < -0.4 is 0 Å². The van der Waals surface area contributed by atoms with Gasteiger partial charge < -0.3 is 0 Å². The van der Waals surface area contributed by atoms with Gasteiger partial charge in [0.25, 0.3) is 0 Å². The predicted molar refractivity (Wildman–Crippen MR) is 162 cm³/mol. The Morgan fingerprint density at radius 2 is 0.789 bits per heavy atom. The lowest BCUT2D eigenvalue weighted by Crippen LogP contribution is -1.95. The Morgan fingerprint density at radius 3 is 1.53 bits per heavy atom. The van der Waals surface area contributed by atoms with Crippen molar-refractivity contribution in [1.29, 1.82) is 0 Å². The lowest BCUT2D eigenvalue weighted by Gasteiger charge is -2.13. The van der Waals surface area contributed by atoms with E-state index in [4.69, 9.17) is 0 Å². The first-order chi connectivity index (χ1) is 18.8. The Kier molecular flexibility index (Phi) is 6.96. The van der Waals surface area contributed by atoms with Crippen molar-refractivity contribution in [2.45, 2.75) is 12.8 Å². The summed E-state index contributed by atoms with van der Waals surface area (Å²) in [5.74, 6) is 0. The number of benzene rings is 6. The van der Waals surface area contributed by atoms with Gasteiger partial charge in [-0.3, -0.25) is 0 Å². The maximum absolute atomic E-state index is 2.36. The first-order valence-electron chi connectivity index (χ1n) is 13.3. The van der Waals surface area contributed by atoms with Crippen molar-refractivity contribution in [3.8, 4) is 44.5 Å². The SMILES string of the molecule is c1ccc(-c2cccc(-c3ccccc3CCc3cccc(-c4ccccc4-c4ccccc4)c3)c2)cc1. The number of rotatable bonds is 7. The fraction of sp³-hybridized carbons (Fsp3) is 0.0526. The number of hydrogen-bond acceptors (Lipinski definition) is 0. The molecule has 0 heteroatoms. The van der Waals surface area contributed by atoms with Crippen LogP contribution in [-0.2, 0) is 12.8 Å². The Morgan fingerprint density at radius 1 is 0.289 bits per heavy atom. The molecule has 6 aromatic carbocycles. The van der Waals surface area contributed by atoms with Gasteiger partial charge in [0, 0.05) is 0 Å². The van der Waals surface area contributed by atoms with E-state index in [9.17, 15) is 0 Å². The van der Waals surface area contributed by atoms with Gasteiger partial charge in [-0.15, -0.1) is 0 Å². The Balaban J connectivity index is 1.27. The average Bonchev–Trinajstić information content (AvgIpc) is 3.01. The lowest BCUT2D eigenvalue weighted by molar-refractivity contribution is 0.962. The molecule has 0 fully saturated rings. The second kappa shape index (κ2) is 11.2. The lowest BCUT2D eigenvalue weighted by atomic mass is 9.91. The monoisotopic (exact) mass is 486 g/mol. The van der Waals surface area contributed by atoms with Crippen LogP contribution in [-0.4, -0.2) is 0 Å². The number of aryl methyl sites for hydroxylation is 2. The van der Waals surface area contributed by atoms with E-state index in [1.54, 1.807) is 0 Å². The molecule has 0 amide bonds. The topological polar surface area (TPSA) is 0 Å². The molecule has 0 bridgehead atoms. The molecule has 0 aromatic heterocycles. The van der Waals surface area contributed by atoms with Gasteiger partial charge in [0.05, 0.1) is 0 Å². The van der Waals surface area contributed by atoms with Gasteiger partial charge >= 0.3 is 0 Å². The zero-order chi connectivity index (χ0) is 25.6. The van der Waals surface area contributed by atoms with Crippen molar-refractivity contribution in [2.24, 2.45) is 0 Å². The van der Waals surface area contributed by atoms with Crippen LogP contribution in [0.3, 0.4) is 0 Å². The summed E-state index contributed by atoms with van der Waals surface area (Å²) in [7, 11) is 0. The van der Waals surface area contributed by atoms with Gasteiger partial charge in [-0.1, -0.05) is 152 Å². The molecule has 38 heavy (non-hydrogen) atoms. The van der Waals surface area contributed by atoms with Crippen LogP contribution >= 0.6 is 0 Å². The maximum Gasteiger partial charge on any atom is -0.0105 e. The van der Waals surface area contributed by atoms with E-state index < -0.39 is 0 Å². The normalized spacial score (nSPS) is 10.8. The van der Waals surface area contributed by atoms with Crippen LogP contribution in [0.15, 0.2) is 158 Å². The molecule has 0 spiro atoms. The van der Waals surface area contributed by atoms with Crippen molar-refractivity contribution >= 4 is 0 Å². The molecule has 0 heterocycles. The zero-order valence-corrected chi connectivity index (χ0v) is 21.4. The van der Waals surface area contributed by atoms with Gasteiger partial charge in [0.15, 0.2) is 0 Å². The summed E-state index contributed by atoms with van der Waals surface area (Å²) in [6, 6.07) is 56.8. The van der Waals surface area contributed by atoms with Gasteiger partial charge in [-0.05, 0) is 74.5 Å².